The van der Waals surface area contributed by atoms with Gasteiger partial charge in [-0.3, -0.25) is 9.59 Å². The van der Waals surface area contributed by atoms with E-state index >= 15 is 0 Å². The number of rotatable bonds is 7. The summed E-state index contributed by atoms with van der Waals surface area (Å²) < 4.78 is 4.84. The fourth-order valence-corrected chi connectivity index (χ4v) is 2.33. The van der Waals surface area contributed by atoms with Crippen LogP contribution in [0.4, 0.5) is 0 Å². The molecule has 19 heavy (non-hydrogen) atoms. The summed E-state index contributed by atoms with van der Waals surface area (Å²) in [6, 6.07) is 0. The third kappa shape index (κ3) is 4.80. The first-order valence-electron chi connectivity index (χ1n) is 6.89. The maximum Gasteiger partial charge on any atom is 0.239 e. The average Bonchev–Trinajstić information content (AvgIpc) is 2.45. The van der Waals surface area contributed by atoms with Crippen molar-refractivity contribution < 1.29 is 14.3 Å². The van der Waals surface area contributed by atoms with Crippen LogP contribution in [0.25, 0.3) is 0 Å². The molecule has 0 aromatic carbocycles. The molecular formula is C13H25N3O3. The lowest BCUT2D eigenvalue weighted by Gasteiger charge is -2.35. The highest BCUT2D eigenvalue weighted by molar-refractivity contribution is 5.88. The van der Waals surface area contributed by atoms with Crippen LogP contribution in [0.1, 0.15) is 26.2 Å². The predicted octanol–water partition coefficient (Wildman–Crippen LogP) is -0.355. The standard InChI is InChI=1S/C13H25N3O3/c1-3-13(5-4-6-14-10-13)12(18)16-9-11(17)15-7-8-19-2/h14H,3-10H2,1-2H3,(H,15,17)(H,16,18). The van der Waals surface area contributed by atoms with Gasteiger partial charge in [-0.1, -0.05) is 6.92 Å². The largest absolute Gasteiger partial charge is 0.383 e. The van der Waals surface area contributed by atoms with E-state index in [0.29, 0.717) is 19.7 Å². The van der Waals surface area contributed by atoms with Gasteiger partial charge in [-0.25, -0.2) is 0 Å². The summed E-state index contributed by atoms with van der Waals surface area (Å²) in [7, 11) is 1.58. The highest BCUT2D eigenvalue weighted by atomic mass is 16.5. The first-order valence-corrected chi connectivity index (χ1v) is 6.89. The fourth-order valence-electron chi connectivity index (χ4n) is 2.33. The van der Waals surface area contributed by atoms with E-state index in [0.717, 1.165) is 25.8 Å². The molecule has 0 aromatic heterocycles. The lowest BCUT2D eigenvalue weighted by atomic mass is 9.77. The molecule has 0 bridgehead atoms. The van der Waals surface area contributed by atoms with Crippen LogP contribution < -0.4 is 16.0 Å². The second-order valence-corrected chi connectivity index (χ2v) is 4.94. The van der Waals surface area contributed by atoms with Gasteiger partial charge >= 0.3 is 0 Å². The van der Waals surface area contributed by atoms with Crippen molar-refractivity contribution in [3.05, 3.63) is 0 Å². The molecule has 1 saturated heterocycles. The molecule has 1 atom stereocenters. The third-order valence-electron chi connectivity index (χ3n) is 3.67. The van der Waals surface area contributed by atoms with Crippen LogP contribution in [0, 0.1) is 5.41 Å². The van der Waals surface area contributed by atoms with E-state index in [4.69, 9.17) is 4.74 Å². The van der Waals surface area contributed by atoms with Gasteiger partial charge in [-0.2, -0.15) is 0 Å². The van der Waals surface area contributed by atoms with Gasteiger partial charge in [0.1, 0.15) is 0 Å². The maximum atomic E-state index is 12.2. The minimum Gasteiger partial charge on any atom is -0.383 e. The van der Waals surface area contributed by atoms with Gasteiger partial charge in [0.2, 0.25) is 11.8 Å². The van der Waals surface area contributed by atoms with Crippen molar-refractivity contribution in [3.63, 3.8) is 0 Å². The highest BCUT2D eigenvalue weighted by Gasteiger charge is 2.37. The summed E-state index contributed by atoms with van der Waals surface area (Å²) in [6.07, 6.45) is 2.67. The summed E-state index contributed by atoms with van der Waals surface area (Å²) in [4.78, 5) is 23.7. The number of nitrogens with one attached hydrogen (secondary N) is 3. The molecule has 0 aromatic rings. The van der Waals surface area contributed by atoms with Gasteiger partial charge in [0, 0.05) is 20.2 Å². The summed E-state index contributed by atoms with van der Waals surface area (Å²) in [5, 5.41) is 8.68. The zero-order chi connectivity index (χ0) is 14.1. The minimum atomic E-state index is -0.356. The monoisotopic (exact) mass is 271 g/mol. The van der Waals surface area contributed by atoms with Crippen LogP contribution in [-0.4, -0.2) is 51.7 Å². The van der Waals surface area contributed by atoms with E-state index in [9.17, 15) is 9.59 Å². The Labute approximate surface area is 114 Å². The van der Waals surface area contributed by atoms with Crippen molar-refractivity contribution in [2.45, 2.75) is 26.2 Å². The molecule has 3 N–H and O–H groups in total. The van der Waals surface area contributed by atoms with Crippen LogP contribution >= 0.6 is 0 Å². The molecule has 0 saturated carbocycles. The number of carbonyl (C=O) groups is 2. The normalized spacial score (nSPS) is 22.8. The number of carbonyl (C=O) groups excluding carboxylic acids is 2. The van der Waals surface area contributed by atoms with E-state index < -0.39 is 0 Å². The van der Waals surface area contributed by atoms with E-state index in [2.05, 4.69) is 16.0 Å². The SMILES string of the molecule is CCC1(C(=O)NCC(=O)NCCOC)CCCNC1. The smallest absolute Gasteiger partial charge is 0.239 e. The van der Waals surface area contributed by atoms with Crippen LogP contribution in [-0.2, 0) is 14.3 Å². The summed E-state index contributed by atoms with van der Waals surface area (Å²) in [5.41, 5.74) is -0.356. The molecule has 0 spiro atoms. The molecule has 1 rings (SSSR count). The summed E-state index contributed by atoms with van der Waals surface area (Å²) in [6.45, 7) is 4.65. The Balaban J connectivity index is 2.34. The Bertz CT molecular complexity index is 302. The van der Waals surface area contributed by atoms with Gasteiger partial charge in [-0.05, 0) is 25.8 Å². The number of piperidine rings is 1. The third-order valence-corrected chi connectivity index (χ3v) is 3.67. The zero-order valence-corrected chi connectivity index (χ0v) is 11.9. The topological polar surface area (TPSA) is 79.5 Å². The van der Waals surface area contributed by atoms with Crippen molar-refractivity contribution in [1.82, 2.24) is 16.0 Å². The maximum absolute atomic E-state index is 12.2. The molecular weight excluding hydrogens is 246 g/mol. The minimum absolute atomic E-state index is 0.0240. The Morgan fingerprint density at radius 3 is 2.74 bits per heavy atom. The number of methoxy groups -OCH3 is 1. The summed E-state index contributed by atoms with van der Waals surface area (Å²) in [5.74, 6) is -0.204. The number of hydrogen-bond acceptors (Lipinski definition) is 4. The molecule has 0 radical (unpaired) electrons. The second kappa shape index (κ2) is 8.12. The molecule has 1 unspecified atom stereocenters. The van der Waals surface area contributed by atoms with E-state index in [-0.39, 0.29) is 23.8 Å². The lowest BCUT2D eigenvalue weighted by molar-refractivity contribution is -0.134. The van der Waals surface area contributed by atoms with Crippen LogP contribution in [0.2, 0.25) is 0 Å². The Morgan fingerprint density at radius 2 is 2.16 bits per heavy atom. The van der Waals surface area contributed by atoms with Gasteiger partial charge in [0.25, 0.3) is 0 Å². The van der Waals surface area contributed by atoms with Gasteiger partial charge < -0.3 is 20.7 Å². The van der Waals surface area contributed by atoms with Gasteiger partial charge in [0.15, 0.2) is 0 Å². The van der Waals surface area contributed by atoms with Crippen molar-refractivity contribution in [2.75, 3.05) is 39.9 Å². The molecule has 110 valence electrons. The van der Waals surface area contributed by atoms with E-state index in [1.165, 1.54) is 0 Å². The molecule has 1 heterocycles. The zero-order valence-electron chi connectivity index (χ0n) is 11.9. The van der Waals surface area contributed by atoms with Crippen LogP contribution in [0.5, 0.6) is 0 Å². The van der Waals surface area contributed by atoms with E-state index in [1.807, 2.05) is 6.92 Å². The molecule has 0 aliphatic carbocycles. The Kier molecular flexibility index (Phi) is 6.80. The quantitative estimate of drug-likeness (QED) is 0.553. The Hall–Kier alpha value is -1.14. The molecule has 6 nitrogen and oxygen atoms in total. The molecule has 1 aliphatic rings. The van der Waals surface area contributed by atoms with Crippen LogP contribution in [0.15, 0.2) is 0 Å². The fraction of sp³-hybridized carbons (Fsp3) is 0.846. The number of ether oxygens (including phenoxy) is 1. The van der Waals surface area contributed by atoms with Crippen molar-refractivity contribution in [2.24, 2.45) is 5.41 Å². The molecule has 1 aliphatic heterocycles. The first-order chi connectivity index (χ1) is 9.14. The van der Waals surface area contributed by atoms with Crippen molar-refractivity contribution >= 4 is 11.8 Å². The lowest BCUT2D eigenvalue weighted by Crippen LogP contribution is -2.51. The molecule has 6 heteroatoms. The van der Waals surface area contributed by atoms with Crippen molar-refractivity contribution in [3.8, 4) is 0 Å². The predicted molar refractivity (Wildman–Crippen MR) is 72.7 cm³/mol. The molecule has 1 fully saturated rings. The average molecular weight is 271 g/mol. The van der Waals surface area contributed by atoms with Crippen LogP contribution in [0.3, 0.4) is 0 Å². The highest BCUT2D eigenvalue weighted by Crippen LogP contribution is 2.29. The number of hydrogen-bond donors (Lipinski definition) is 3. The first kappa shape index (κ1) is 15.9. The van der Waals surface area contributed by atoms with Gasteiger partial charge in [0.05, 0.1) is 18.6 Å². The van der Waals surface area contributed by atoms with Gasteiger partial charge in [-0.15, -0.1) is 0 Å². The number of amides is 2. The Morgan fingerprint density at radius 1 is 1.37 bits per heavy atom. The van der Waals surface area contributed by atoms with Crippen molar-refractivity contribution in [1.29, 1.82) is 0 Å². The van der Waals surface area contributed by atoms with E-state index in [1.54, 1.807) is 7.11 Å². The molecule has 2 amide bonds. The second-order valence-electron chi connectivity index (χ2n) is 4.94. The summed E-state index contributed by atoms with van der Waals surface area (Å²) >= 11 is 0.